The fourth-order valence-corrected chi connectivity index (χ4v) is 3.11. The number of nitrogens with one attached hydrogen (secondary N) is 1. The summed E-state index contributed by atoms with van der Waals surface area (Å²) in [6.45, 7) is 2.30. The molecule has 0 amide bonds. The molecule has 1 aliphatic rings. The largest absolute Gasteiger partial charge is 0.313 e. The highest BCUT2D eigenvalue weighted by molar-refractivity contribution is 6.35. The van der Waals surface area contributed by atoms with Crippen molar-refractivity contribution >= 4 is 23.2 Å². The van der Waals surface area contributed by atoms with Gasteiger partial charge in [0.25, 0.3) is 0 Å². The molecule has 0 saturated carbocycles. The monoisotopic (exact) mass is 257 g/mol. The van der Waals surface area contributed by atoms with E-state index < -0.39 is 0 Å². The minimum absolute atomic E-state index is 0.378. The van der Waals surface area contributed by atoms with E-state index in [-0.39, 0.29) is 0 Å². The van der Waals surface area contributed by atoms with Gasteiger partial charge in [0.2, 0.25) is 0 Å². The van der Waals surface area contributed by atoms with E-state index in [9.17, 15) is 0 Å². The predicted octanol–water partition coefficient (Wildman–Crippen LogP) is 4.23. The van der Waals surface area contributed by atoms with Crippen LogP contribution in [0.5, 0.6) is 0 Å². The van der Waals surface area contributed by atoms with Gasteiger partial charge in [0.15, 0.2) is 0 Å². The van der Waals surface area contributed by atoms with Crippen molar-refractivity contribution in [3.05, 3.63) is 33.3 Å². The van der Waals surface area contributed by atoms with Crippen molar-refractivity contribution in [2.75, 3.05) is 7.05 Å². The van der Waals surface area contributed by atoms with Gasteiger partial charge in [0, 0.05) is 16.1 Å². The normalized spacial score (nSPS) is 25.0. The summed E-state index contributed by atoms with van der Waals surface area (Å²) in [5, 5.41) is 4.92. The van der Waals surface area contributed by atoms with Crippen LogP contribution in [0.2, 0.25) is 10.0 Å². The molecule has 0 aromatic heterocycles. The fraction of sp³-hybridized carbons (Fsp3) is 0.538. The van der Waals surface area contributed by atoms with Gasteiger partial charge in [0.05, 0.1) is 0 Å². The average molecular weight is 258 g/mol. The van der Waals surface area contributed by atoms with Crippen LogP contribution >= 0.6 is 23.2 Å². The van der Waals surface area contributed by atoms with Crippen molar-refractivity contribution in [3.8, 4) is 0 Å². The highest BCUT2D eigenvalue weighted by Crippen LogP contribution is 2.36. The van der Waals surface area contributed by atoms with E-state index in [1.807, 2.05) is 13.1 Å². The van der Waals surface area contributed by atoms with E-state index in [2.05, 4.69) is 18.3 Å². The summed E-state index contributed by atoms with van der Waals surface area (Å²) >= 11 is 12.4. The predicted molar refractivity (Wildman–Crippen MR) is 70.4 cm³/mol. The van der Waals surface area contributed by atoms with Gasteiger partial charge >= 0.3 is 0 Å². The third-order valence-corrected chi connectivity index (χ3v) is 4.00. The molecule has 2 rings (SSSR count). The number of hydrogen-bond donors (Lipinski definition) is 1. The van der Waals surface area contributed by atoms with Crippen molar-refractivity contribution in [3.63, 3.8) is 0 Å². The Hall–Kier alpha value is -0.240. The molecule has 0 fully saturated rings. The molecule has 0 spiro atoms. The zero-order chi connectivity index (χ0) is 11.7. The SMILES string of the molecule is CNC1CC(C)CCc2c(Cl)cc(Cl)cc21. The molecule has 0 aliphatic heterocycles. The van der Waals surface area contributed by atoms with Gasteiger partial charge < -0.3 is 5.32 Å². The second-order valence-corrected chi connectivity index (χ2v) is 5.52. The molecule has 1 nitrogen and oxygen atoms in total. The first kappa shape index (κ1) is 12.2. The lowest BCUT2D eigenvalue weighted by atomic mass is 9.97. The first-order valence-electron chi connectivity index (χ1n) is 5.77. The molecule has 0 radical (unpaired) electrons. The molecular weight excluding hydrogens is 241 g/mol. The lowest BCUT2D eigenvalue weighted by molar-refractivity contribution is 0.428. The maximum Gasteiger partial charge on any atom is 0.0456 e. The molecule has 2 unspecified atom stereocenters. The van der Waals surface area contributed by atoms with Gasteiger partial charge in [-0.25, -0.2) is 0 Å². The van der Waals surface area contributed by atoms with Crippen molar-refractivity contribution in [1.82, 2.24) is 5.32 Å². The third-order valence-electron chi connectivity index (χ3n) is 3.44. The van der Waals surface area contributed by atoms with E-state index in [4.69, 9.17) is 23.2 Å². The Morgan fingerprint density at radius 1 is 1.31 bits per heavy atom. The van der Waals surface area contributed by atoms with E-state index in [0.717, 1.165) is 28.8 Å². The molecule has 2 atom stereocenters. The van der Waals surface area contributed by atoms with Crippen molar-refractivity contribution in [1.29, 1.82) is 0 Å². The summed E-state index contributed by atoms with van der Waals surface area (Å²) in [6.07, 6.45) is 3.41. The van der Waals surface area contributed by atoms with E-state index in [0.29, 0.717) is 6.04 Å². The average Bonchev–Trinajstić information content (AvgIpc) is 2.38. The summed E-state index contributed by atoms with van der Waals surface area (Å²) in [7, 11) is 2.00. The van der Waals surface area contributed by atoms with Crippen molar-refractivity contribution in [2.24, 2.45) is 5.92 Å². The summed E-state index contributed by atoms with van der Waals surface area (Å²) in [6, 6.07) is 4.29. The second-order valence-electron chi connectivity index (χ2n) is 4.68. The van der Waals surface area contributed by atoms with Gasteiger partial charge in [-0.3, -0.25) is 0 Å². The first-order chi connectivity index (χ1) is 7.61. The molecule has 0 heterocycles. The molecule has 1 aromatic carbocycles. The van der Waals surface area contributed by atoms with Crippen LogP contribution in [0.1, 0.15) is 36.9 Å². The van der Waals surface area contributed by atoms with Crippen LogP contribution in [-0.4, -0.2) is 7.05 Å². The first-order valence-corrected chi connectivity index (χ1v) is 6.52. The van der Waals surface area contributed by atoms with Crippen LogP contribution in [0.3, 0.4) is 0 Å². The number of fused-ring (bicyclic) bond motifs is 1. The number of rotatable bonds is 1. The number of hydrogen-bond acceptors (Lipinski definition) is 1. The summed E-state index contributed by atoms with van der Waals surface area (Å²) in [4.78, 5) is 0. The number of halogens is 2. The zero-order valence-corrected chi connectivity index (χ0v) is 11.2. The maximum absolute atomic E-state index is 6.28. The molecule has 0 bridgehead atoms. The van der Waals surface area contributed by atoms with Crippen LogP contribution < -0.4 is 5.32 Å². The Labute approximate surface area is 107 Å². The van der Waals surface area contributed by atoms with E-state index in [1.165, 1.54) is 17.5 Å². The Morgan fingerprint density at radius 2 is 2.06 bits per heavy atom. The molecule has 1 aliphatic carbocycles. The van der Waals surface area contributed by atoms with Crippen molar-refractivity contribution < 1.29 is 0 Å². The molecule has 0 saturated heterocycles. The summed E-state index contributed by atoms with van der Waals surface area (Å²) in [5.74, 6) is 0.722. The minimum Gasteiger partial charge on any atom is -0.313 e. The molecule has 16 heavy (non-hydrogen) atoms. The fourth-order valence-electron chi connectivity index (χ4n) is 2.51. The molecule has 3 heteroatoms. The van der Waals surface area contributed by atoms with Gasteiger partial charge in [-0.1, -0.05) is 30.1 Å². The van der Waals surface area contributed by atoms with Crippen LogP contribution in [0, 0.1) is 5.92 Å². The molecular formula is C13H17Cl2N. The topological polar surface area (TPSA) is 12.0 Å². The van der Waals surface area contributed by atoms with Crippen LogP contribution in [0.25, 0.3) is 0 Å². The number of benzene rings is 1. The summed E-state index contributed by atoms with van der Waals surface area (Å²) in [5.41, 5.74) is 2.55. The van der Waals surface area contributed by atoms with E-state index in [1.54, 1.807) is 0 Å². The van der Waals surface area contributed by atoms with Gasteiger partial charge in [-0.15, -0.1) is 0 Å². The Balaban J connectivity index is 2.48. The quantitative estimate of drug-likeness (QED) is 0.743. The highest BCUT2D eigenvalue weighted by atomic mass is 35.5. The molecule has 88 valence electrons. The van der Waals surface area contributed by atoms with Gasteiger partial charge in [-0.2, -0.15) is 0 Å². The third kappa shape index (κ3) is 2.37. The minimum atomic E-state index is 0.378. The summed E-state index contributed by atoms with van der Waals surface area (Å²) < 4.78 is 0. The second kappa shape index (κ2) is 4.95. The van der Waals surface area contributed by atoms with Gasteiger partial charge in [0.1, 0.15) is 0 Å². The van der Waals surface area contributed by atoms with Crippen molar-refractivity contribution in [2.45, 2.75) is 32.2 Å². The van der Waals surface area contributed by atoms with E-state index >= 15 is 0 Å². The molecule has 1 N–H and O–H groups in total. The Bertz CT molecular complexity index is 390. The Morgan fingerprint density at radius 3 is 2.75 bits per heavy atom. The maximum atomic E-state index is 6.28. The van der Waals surface area contributed by atoms with Gasteiger partial charge in [-0.05, 0) is 55.5 Å². The molecule has 1 aromatic rings. The lowest BCUT2D eigenvalue weighted by Gasteiger charge is -2.19. The van der Waals surface area contributed by atoms with Crippen LogP contribution in [0.15, 0.2) is 12.1 Å². The van der Waals surface area contributed by atoms with Crippen LogP contribution in [0.4, 0.5) is 0 Å². The Kier molecular flexibility index (Phi) is 3.78. The lowest BCUT2D eigenvalue weighted by Crippen LogP contribution is -2.18. The van der Waals surface area contributed by atoms with Crippen LogP contribution in [-0.2, 0) is 6.42 Å². The highest BCUT2D eigenvalue weighted by Gasteiger charge is 2.23. The standard InChI is InChI=1S/C13H17Cl2N/c1-8-3-4-10-11(13(5-8)16-2)6-9(14)7-12(10)15/h6-8,13,16H,3-5H2,1-2H3. The zero-order valence-electron chi connectivity index (χ0n) is 9.69. The smallest absolute Gasteiger partial charge is 0.0456 e.